The Labute approximate surface area is 168 Å². The third-order valence-electron chi connectivity index (χ3n) is 4.96. The lowest BCUT2D eigenvalue weighted by Gasteiger charge is -2.09. The SMILES string of the molecule is Cc1ccc(-n2nc(C)c(CC(=O)Nc3ccc(Br)c(C)c3)c2C)cc1C. The molecule has 0 saturated heterocycles. The average molecular weight is 426 g/mol. The van der Waals surface area contributed by atoms with Gasteiger partial charge in [0, 0.05) is 21.4 Å². The second-order valence-electron chi connectivity index (χ2n) is 7.02. The van der Waals surface area contributed by atoms with Gasteiger partial charge in [-0.05, 0) is 81.6 Å². The number of benzene rings is 2. The minimum atomic E-state index is -0.0393. The van der Waals surface area contributed by atoms with Crippen LogP contribution in [0.4, 0.5) is 5.69 Å². The molecule has 0 aliphatic heterocycles. The van der Waals surface area contributed by atoms with Crippen molar-refractivity contribution in [3.05, 3.63) is 74.5 Å². The van der Waals surface area contributed by atoms with Crippen molar-refractivity contribution in [3.63, 3.8) is 0 Å². The third-order valence-corrected chi connectivity index (χ3v) is 5.85. The summed E-state index contributed by atoms with van der Waals surface area (Å²) >= 11 is 3.48. The fourth-order valence-corrected chi connectivity index (χ4v) is 3.37. The summed E-state index contributed by atoms with van der Waals surface area (Å²) in [4.78, 5) is 12.6. The van der Waals surface area contributed by atoms with Gasteiger partial charge in [-0.3, -0.25) is 4.79 Å². The number of hydrogen-bond donors (Lipinski definition) is 1. The number of amides is 1. The van der Waals surface area contributed by atoms with Crippen molar-refractivity contribution in [2.75, 3.05) is 5.32 Å². The van der Waals surface area contributed by atoms with Crippen molar-refractivity contribution in [2.45, 2.75) is 41.0 Å². The highest BCUT2D eigenvalue weighted by atomic mass is 79.9. The molecule has 1 heterocycles. The van der Waals surface area contributed by atoms with E-state index in [1.165, 1.54) is 11.1 Å². The van der Waals surface area contributed by atoms with Gasteiger partial charge in [-0.2, -0.15) is 5.10 Å². The number of carbonyl (C=O) groups excluding carboxylic acids is 1. The average Bonchev–Trinajstić information content (AvgIpc) is 2.89. The van der Waals surface area contributed by atoms with Crippen LogP contribution >= 0.6 is 15.9 Å². The van der Waals surface area contributed by atoms with Gasteiger partial charge in [-0.25, -0.2) is 4.68 Å². The van der Waals surface area contributed by atoms with Crippen LogP contribution in [0.15, 0.2) is 40.9 Å². The van der Waals surface area contributed by atoms with Gasteiger partial charge in [0.15, 0.2) is 0 Å². The molecule has 0 atom stereocenters. The number of rotatable bonds is 4. The van der Waals surface area contributed by atoms with Crippen molar-refractivity contribution < 1.29 is 4.79 Å². The molecule has 1 N–H and O–H groups in total. The third kappa shape index (κ3) is 4.14. The van der Waals surface area contributed by atoms with E-state index >= 15 is 0 Å². The van der Waals surface area contributed by atoms with Crippen molar-refractivity contribution in [2.24, 2.45) is 0 Å². The van der Waals surface area contributed by atoms with Crippen molar-refractivity contribution in [1.82, 2.24) is 9.78 Å². The molecule has 3 aromatic rings. The Morgan fingerprint density at radius 3 is 2.41 bits per heavy atom. The van der Waals surface area contributed by atoms with Crippen molar-refractivity contribution in [1.29, 1.82) is 0 Å². The number of nitrogens with zero attached hydrogens (tertiary/aromatic N) is 2. The Morgan fingerprint density at radius 2 is 1.74 bits per heavy atom. The van der Waals surface area contributed by atoms with Crippen LogP contribution in [-0.4, -0.2) is 15.7 Å². The highest BCUT2D eigenvalue weighted by Crippen LogP contribution is 2.22. The smallest absolute Gasteiger partial charge is 0.228 e. The number of carbonyl (C=O) groups is 1. The summed E-state index contributed by atoms with van der Waals surface area (Å²) in [7, 11) is 0. The van der Waals surface area contributed by atoms with Crippen molar-refractivity contribution in [3.8, 4) is 5.69 Å². The highest BCUT2D eigenvalue weighted by Gasteiger charge is 2.16. The van der Waals surface area contributed by atoms with Gasteiger partial charge in [0.2, 0.25) is 5.91 Å². The maximum Gasteiger partial charge on any atom is 0.228 e. The number of nitrogens with one attached hydrogen (secondary N) is 1. The summed E-state index contributed by atoms with van der Waals surface area (Å²) in [5.74, 6) is -0.0393. The monoisotopic (exact) mass is 425 g/mol. The van der Waals surface area contributed by atoms with Gasteiger partial charge in [-0.15, -0.1) is 0 Å². The van der Waals surface area contributed by atoms with E-state index in [4.69, 9.17) is 0 Å². The molecule has 0 fully saturated rings. The first-order valence-electron chi connectivity index (χ1n) is 8.95. The number of halogens is 1. The largest absolute Gasteiger partial charge is 0.326 e. The molecular weight excluding hydrogens is 402 g/mol. The zero-order valence-corrected chi connectivity index (χ0v) is 17.9. The molecule has 0 unspecified atom stereocenters. The van der Waals surface area contributed by atoms with Crippen LogP contribution in [0.25, 0.3) is 5.69 Å². The molecule has 0 saturated carbocycles. The molecule has 0 aliphatic rings. The summed E-state index contributed by atoms with van der Waals surface area (Å²) in [5, 5.41) is 7.65. The topological polar surface area (TPSA) is 46.9 Å². The highest BCUT2D eigenvalue weighted by molar-refractivity contribution is 9.10. The first-order valence-corrected chi connectivity index (χ1v) is 9.74. The summed E-state index contributed by atoms with van der Waals surface area (Å²) in [6.45, 7) is 10.2. The summed E-state index contributed by atoms with van der Waals surface area (Å²) in [6.07, 6.45) is 0.303. The molecule has 0 spiro atoms. The lowest BCUT2D eigenvalue weighted by Crippen LogP contribution is -2.15. The van der Waals surface area contributed by atoms with Crippen LogP contribution in [0.1, 0.15) is 33.6 Å². The molecule has 140 valence electrons. The normalized spacial score (nSPS) is 10.9. The van der Waals surface area contributed by atoms with Gasteiger partial charge in [0.05, 0.1) is 17.8 Å². The van der Waals surface area contributed by atoms with Crippen LogP contribution < -0.4 is 5.32 Å². The maximum atomic E-state index is 12.6. The van der Waals surface area contributed by atoms with Crippen LogP contribution in [-0.2, 0) is 11.2 Å². The van der Waals surface area contributed by atoms with E-state index in [0.717, 1.165) is 38.4 Å². The molecule has 27 heavy (non-hydrogen) atoms. The molecule has 2 aromatic carbocycles. The zero-order chi connectivity index (χ0) is 19.7. The quantitative estimate of drug-likeness (QED) is 0.611. The standard InChI is InChI=1S/C22H24BrN3O/c1-13-6-8-19(11-14(13)2)26-17(5)20(16(4)25-26)12-22(27)24-18-7-9-21(23)15(3)10-18/h6-11H,12H2,1-5H3,(H,24,27). The summed E-state index contributed by atoms with van der Waals surface area (Å²) < 4.78 is 2.95. The Bertz CT molecular complexity index is 1020. The minimum Gasteiger partial charge on any atom is -0.326 e. The fourth-order valence-electron chi connectivity index (χ4n) is 3.13. The first kappa shape index (κ1) is 19.4. The van der Waals surface area contributed by atoms with Gasteiger partial charge >= 0.3 is 0 Å². The number of anilines is 1. The van der Waals surface area contributed by atoms with Crippen LogP contribution in [0, 0.1) is 34.6 Å². The Hall–Kier alpha value is -2.40. The van der Waals surface area contributed by atoms with Gasteiger partial charge in [0.25, 0.3) is 0 Å². The fraction of sp³-hybridized carbons (Fsp3) is 0.273. The predicted molar refractivity (Wildman–Crippen MR) is 114 cm³/mol. The Balaban J connectivity index is 1.82. The maximum absolute atomic E-state index is 12.6. The molecule has 3 rings (SSSR count). The van der Waals surface area contributed by atoms with Crippen molar-refractivity contribution >= 4 is 27.5 Å². The van der Waals surface area contributed by atoms with Crippen LogP contribution in [0.3, 0.4) is 0 Å². The molecule has 5 heteroatoms. The summed E-state index contributed by atoms with van der Waals surface area (Å²) in [5.41, 5.74) is 8.24. The van der Waals surface area contributed by atoms with Gasteiger partial charge in [-0.1, -0.05) is 22.0 Å². The van der Waals surface area contributed by atoms with Gasteiger partial charge in [0.1, 0.15) is 0 Å². The number of aryl methyl sites for hydroxylation is 4. The molecule has 4 nitrogen and oxygen atoms in total. The molecular formula is C22H24BrN3O. The van der Waals surface area contributed by atoms with E-state index in [2.05, 4.69) is 58.4 Å². The van der Waals surface area contributed by atoms with E-state index in [1.807, 2.05) is 43.7 Å². The molecule has 1 amide bonds. The van der Waals surface area contributed by atoms with E-state index < -0.39 is 0 Å². The van der Waals surface area contributed by atoms with Crippen LogP contribution in [0.2, 0.25) is 0 Å². The molecule has 0 aliphatic carbocycles. The number of aromatic nitrogens is 2. The van der Waals surface area contributed by atoms with E-state index in [0.29, 0.717) is 6.42 Å². The Morgan fingerprint density at radius 1 is 1.00 bits per heavy atom. The first-order chi connectivity index (χ1) is 12.8. The summed E-state index contributed by atoms with van der Waals surface area (Å²) in [6, 6.07) is 12.1. The Kier molecular flexibility index (Phi) is 5.51. The second-order valence-corrected chi connectivity index (χ2v) is 7.87. The second kappa shape index (κ2) is 7.69. The molecule has 1 aromatic heterocycles. The van der Waals surface area contributed by atoms with Crippen LogP contribution in [0.5, 0.6) is 0 Å². The van der Waals surface area contributed by atoms with Gasteiger partial charge < -0.3 is 5.32 Å². The zero-order valence-electron chi connectivity index (χ0n) is 16.4. The predicted octanol–water partition coefficient (Wildman–Crippen LogP) is 5.36. The lowest BCUT2D eigenvalue weighted by atomic mass is 10.1. The molecule has 0 radical (unpaired) electrons. The number of hydrogen-bond acceptors (Lipinski definition) is 2. The van der Waals surface area contributed by atoms with E-state index in [-0.39, 0.29) is 5.91 Å². The minimum absolute atomic E-state index is 0.0393. The molecule has 0 bridgehead atoms. The lowest BCUT2D eigenvalue weighted by molar-refractivity contribution is -0.115. The van der Waals surface area contributed by atoms with E-state index in [9.17, 15) is 4.79 Å². The van der Waals surface area contributed by atoms with E-state index in [1.54, 1.807) is 0 Å².